The number of hydrogen-bond donors (Lipinski definition) is 2. The average molecular weight is 362 g/mol. The first-order valence-corrected chi connectivity index (χ1v) is 7.52. The molecule has 2 amide bonds. The van der Waals surface area contributed by atoms with Crippen LogP contribution >= 0.6 is 0 Å². The fraction of sp³-hybridized carbons (Fsp3) is 0.235. The molecule has 0 bridgehead atoms. The van der Waals surface area contributed by atoms with Gasteiger partial charge in [-0.05, 0) is 29.8 Å². The fourth-order valence-corrected chi connectivity index (χ4v) is 1.99. The van der Waals surface area contributed by atoms with Crippen molar-refractivity contribution in [3.05, 3.63) is 47.9 Å². The molecule has 2 aromatic rings. The van der Waals surface area contributed by atoms with E-state index in [0.717, 1.165) is 0 Å². The third-order valence-corrected chi connectivity index (χ3v) is 3.22. The van der Waals surface area contributed by atoms with Gasteiger partial charge in [-0.15, -0.1) is 0 Å². The molecule has 0 atom stereocenters. The lowest BCUT2D eigenvalue weighted by Crippen LogP contribution is -2.43. The summed E-state index contributed by atoms with van der Waals surface area (Å²) in [6, 6.07) is 7.96. The maximum atomic E-state index is 11.8. The van der Waals surface area contributed by atoms with Crippen molar-refractivity contribution < 1.29 is 33.0 Å². The molecule has 0 aliphatic carbocycles. The smallest absolute Gasteiger partial charge is 0.310 e. The SMILES string of the molecule is COc1ccc(CC(=O)OCC(=O)NNC(=O)c2ccco2)cc1OC. The van der Waals surface area contributed by atoms with Gasteiger partial charge in [-0.1, -0.05) is 6.07 Å². The second-order valence-corrected chi connectivity index (χ2v) is 5.01. The normalized spacial score (nSPS) is 9.92. The molecular weight excluding hydrogens is 344 g/mol. The van der Waals surface area contributed by atoms with Crippen LogP contribution in [0.15, 0.2) is 41.0 Å². The number of amides is 2. The van der Waals surface area contributed by atoms with E-state index in [0.29, 0.717) is 17.1 Å². The zero-order chi connectivity index (χ0) is 18.9. The fourth-order valence-electron chi connectivity index (χ4n) is 1.99. The molecule has 0 aliphatic heterocycles. The first kappa shape index (κ1) is 18.8. The van der Waals surface area contributed by atoms with E-state index >= 15 is 0 Å². The minimum absolute atomic E-state index is 0.0377. The Hall–Kier alpha value is -3.49. The topological polar surface area (TPSA) is 116 Å². The third kappa shape index (κ3) is 5.26. The van der Waals surface area contributed by atoms with Gasteiger partial charge in [0.05, 0.1) is 26.9 Å². The lowest BCUT2D eigenvalue weighted by atomic mass is 10.1. The molecule has 138 valence electrons. The standard InChI is InChI=1S/C17H18N2O7/c1-23-12-6-5-11(8-14(12)24-2)9-16(21)26-10-15(20)18-19-17(22)13-4-3-7-25-13/h3-8H,9-10H2,1-2H3,(H,18,20)(H,19,22). The number of carbonyl (C=O) groups is 3. The Morgan fingerprint density at radius 1 is 1.04 bits per heavy atom. The predicted octanol–water partition coefficient (Wildman–Crippen LogP) is 0.844. The van der Waals surface area contributed by atoms with E-state index in [1.807, 2.05) is 0 Å². The Kier molecular flexibility index (Phi) is 6.60. The molecule has 0 fully saturated rings. The number of hydrazine groups is 1. The van der Waals surface area contributed by atoms with Crippen molar-refractivity contribution in [3.63, 3.8) is 0 Å². The molecule has 2 rings (SSSR count). The number of carbonyl (C=O) groups excluding carboxylic acids is 3. The maximum Gasteiger partial charge on any atom is 0.310 e. The van der Waals surface area contributed by atoms with E-state index < -0.39 is 24.4 Å². The summed E-state index contributed by atoms with van der Waals surface area (Å²) in [6.07, 6.45) is 1.28. The number of hydrogen-bond acceptors (Lipinski definition) is 7. The summed E-state index contributed by atoms with van der Waals surface area (Å²) in [5.74, 6) is -0.862. The molecule has 0 radical (unpaired) electrons. The maximum absolute atomic E-state index is 11.8. The molecule has 0 saturated carbocycles. The Balaban J connectivity index is 1.76. The number of nitrogens with one attached hydrogen (secondary N) is 2. The van der Waals surface area contributed by atoms with Crippen LogP contribution in [0.4, 0.5) is 0 Å². The molecule has 26 heavy (non-hydrogen) atoms. The molecule has 0 unspecified atom stereocenters. The van der Waals surface area contributed by atoms with E-state index in [4.69, 9.17) is 18.6 Å². The van der Waals surface area contributed by atoms with Crippen LogP contribution in [0.1, 0.15) is 16.1 Å². The van der Waals surface area contributed by atoms with Gasteiger partial charge >= 0.3 is 11.9 Å². The number of ether oxygens (including phenoxy) is 3. The van der Waals surface area contributed by atoms with E-state index in [2.05, 4.69) is 10.9 Å². The lowest BCUT2D eigenvalue weighted by Gasteiger charge is -2.10. The van der Waals surface area contributed by atoms with Gasteiger partial charge in [-0.3, -0.25) is 25.2 Å². The molecule has 0 spiro atoms. The molecule has 9 heteroatoms. The highest BCUT2D eigenvalue weighted by Crippen LogP contribution is 2.27. The Morgan fingerprint density at radius 2 is 1.81 bits per heavy atom. The summed E-state index contributed by atoms with van der Waals surface area (Å²) >= 11 is 0. The Labute approximate surface area is 149 Å². The van der Waals surface area contributed by atoms with Gasteiger partial charge in [0.25, 0.3) is 5.91 Å². The van der Waals surface area contributed by atoms with Gasteiger partial charge in [-0.2, -0.15) is 0 Å². The highest BCUT2D eigenvalue weighted by molar-refractivity contribution is 5.93. The van der Waals surface area contributed by atoms with Crippen LogP contribution in [-0.2, 0) is 20.7 Å². The van der Waals surface area contributed by atoms with Crippen molar-refractivity contribution >= 4 is 17.8 Å². The van der Waals surface area contributed by atoms with Crippen LogP contribution < -0.4 is 20.3 Å². The van der Waals surface area contributed by atoms with Crippen LogP contribution in [0.5, 0.6) is 11.5 Å². The highest BCUT2D eigenvalue weighted by atomic mass is 16.5. The van der Waals surface area contributed by atoms with E-state index in [1.165, 1.54) is 32.6 Å². The molecule has 0 saturated heterocycles. The minimum atomic E-state index is -0.689. The first-order chi connectivity index (χ1) is 12.5. The van der Waals surface area contributed by atoms with Gasteiger partial charge in [0, 0.05) is 0 Å². The van der Waals surface area contributed by atoms with Gasteiger partial charge in [0.1, 0.15) is 0 Å². The second kappa shape index (κ2) is 9.11. The molecule has 1 heterocycles. The van der Waals surface area contributed by atoms with E-state index in [9.17, 15) is 14.4 Å². The summed E-state index contributed by atoms with van der Waals surface area (Å²) < 4.78 is 20.0. The van der Waals surface area contributed by atoms with Crippen molar-refractivity contribution in [3.8, 4) is 11.5 Å². The molecule has 1 aromatic heterocycles. The molecule has 9 nitrogen and oxygen atoms in total. The number of furan rings is 1. The molecule has 0 aliphatic rings. The van der Waals surface area contributed by atoms with Crippen LogP contribution in [-0.4, -0.2) is 38.6 Å². The quantitative estimate of drug-likeness (QED) is 0.554. The molecule has 2 N–H and O–H groups in total. The van der Waals surface area contributed by atoms with E-state index in [-0.39, 0.29) is 12.2 Å². The Bertz CT molecular complexity index is 771. The number of benzene rings is 1. The highest BCUT2D eigenvalue weighted by Gasteiger charge is 2.13. The summed E-state index contributed by atoms with van der Waals surface area (Å²) in [4.78, 5) is 35.0. The summed E-state index contributed by atoms with van der Waals surface area (Å²) in [5.41, 5.74) is 4.88. The monoisotopic (exact) mass is 362 g/mol. The van der Waals surface area contributed by atoms with Crippen molar-refractivity contribution in [1.29, 1.82) is 0 Å². The zero-order valence-corrected chi connectivity index (χ0v) is 14.2. The molecular formula is C17H18N2O7. The second-order valence-electron chi connectivity index (χ2n) is 5.01. The summed E-state index contributed by atoms with van der Waals surface area (Å²) in [6.45, 7) is -0.537. The van der Waals surface area contributed by atoms with Gasteiger partial charge in [0.2, 0.25) is 0 Å². The van der Waals surface area contributed by atoms with E-state index in [1.54, 1.807) is 18.2 Å². The third-order valence-electron chi connectivity index (χ3n) is 3.22. The zero-order valence-electron chi connectivity index (χ0n) is 14.2. The Morgan fingerprint density at radius 3 is 2.46 bits per heavy atom. The van der Waals surface area contributed by atoms with Crippen molar-refractivity contribution in [2.24, 2.45) is 0 Å². The number of methoxy groups -OCH3 is 2. The average Bonchev–Trinajstić information content (AvgIpc) is 3.19. The number of rotatable bonds is 7. The summed E-state index contributed by atoms with van der Waals surface area (Å²) in [7, 11) is 3.00. The van der Waals surface area contributed by atoms with Gasteiger partial charge in [-0.25, -0.2) is 0 Å². The molecule has 1 aromatic carbocycles. The first-order valence-electron chi connectivity index (χ1n) is 7.52. The largest absolute Gasteiger partial charge is 0.493 e. The van der Waals surface area contributed by atoms with Gasteiger partial charge in [0.15, 0.2) is 23.9 Å². The van der Waals surface area contributed by atoms with Gasteiger partial charge < -0.3 is 18.6 Å². The van der Waals surface area contributed by atoms with Crippen LogP contribution in [0, 0.1) is 0 Å². The van der Waals surface area contributed by atoms with Crippen LogP contribution in [0.3, 0.4) is 0 Å². The summed E-state index contributed by atoms with van der Waals surface area (Å²) in [5, 5.41) is 0. The predicted molar refractivity (Wildman–Crippen MR) is 88.5 cm³/mol. The lowest BCUT2D eigenvalue weighted by molar-refractivity contribution is -0.148. The number of esters is 1. The minimum Gasteiger partial charge on any atom is -0.493 e. The van der Waals surface area contributed by atoms with Crippen LogP contribution in [0.2, 0.25) is 0 Å². The van der Waals surface area contributed by atoms with Crippen LogP contribution in [0.25, 0.3) is 0 Å². The van der Waals surface area contributed by atoms with Crippen molar-refractivity contribution in [1.82, 2.24) is 10.9 Å². The van der Waals surface area contributed by atoms with Crippen molar-refractivity contribution in [2.45, 2.75) is 6.42 Å². The van der Waals surface area contributed by atoms with Crippen molar-refractivity contribution in [2.75, 3.05) is 20.8 Å².